The van der Waals surface area contributed by atoms with E-state index in [1.54, 1.807) is 23.5 Å². The number of nitrogens with zero attached hydrogens (tertiary/aromatic N) is 2. The van der Waals surface area contributed by atoms with E-state index in [-0.39, 0.29) is 0 Å². The molecule has 0 spiro atoms. The summed E-state index contributed by atoms with van der Waals surface area (Å²) in [5.41, 5.74) is 1.58. The topological polar surface area (TPSA) is 48.7 Å². The number of nitrogens with one attached hydrogen (secondary N) is 1. The Balaban J connectivity index is 1.92. The molecule has 1 N–H and O–H groups in total. The molecular formula is C13H12ClN3S. The predicted molar refractivity (Wildman–Crippen MR) is 73.6 cm³/mol. The number of nitriles is 1. The molecule has 0 saturated heterocycles. The highest BCUT2D eigenvalue weighted by Gasteiger charge is 2.02. The molecule has 0 aliphatic carbocycles. The number of hydrogen-bond donors (Lipinski definition) is 1. The third-order valence-electron chi connectivity index (χ3n) is 2.47. The zero-order chi connectivity index (χ0) is 13.0. The van der Waals surface area contributed by atoms with Crippen LogP contribution in [-0.4, -0.2) is 4.98 Å². The summed E-state index contributed by atoms with van der Waals surface area (Å²) < 4.78 is 0. The Morgan fingerprint density at radius 3 is 2.89 bits per heavy atom. The molecule has 0 aliphatic rings. The highest BCUT2D eigenvalue weighted by molar-refractivity contribution is 7.11. The number of aryl methyl sites for hydroxylation is 1. The first-order valence-corrected chi connectivity index (χ1v) is 6.69. The fourth-order valence-corrected chi connectivity index (χ4v) is 2.58. The Hall–Kier alpha value is -1.41. The quantitative estimate of drug-likeness (QED) is 0.933. The third-order valence-corrected chi connectivity index (χ3v) is 3.73. The van der Waals surface area contributed by atoms with Gasteiger partial charge in [-0.05, 0) is 24.6 Å². The van der Waals surface area contributed by atoms with Crippen molar-refractivity contribution in [3.8, 4) is 6.07 Å². The summed E-state index contributed by atoms with van der Waals surface area (Å²) in [6.07, 6.45) is 1.88. The van der Waals surface area contributed by atoms with Gasteiger partial charge in [-0.15, -0.1) is 11.3 Å². The van der Waals surface area contributed by atoms with E-state index in [0.717, 1.165) is 17.1 Å². The average Bonchev–Trinajstić information content (AvgIpc) is 2.77. The Kier molecular flexibility index (Phi) is 4.32. The van der Waals surface area contributed by atoms with Gasteiger partial charge in [0, 0.05) is 29.2 Å². The van der Waals surface area contributed by atoms with E-state index in [1.807, 2.05) is 19.2 Å². The molecule has 92 valence electrons. The fourth-order valence-electron chi connectivity index (χ4n) is 1.57. The van der Waals surface area contributed by atoms with Crippen LogP contribution in [0.5, 0.6) is 0 Å². The van der Waals surface area contributed by atoms with E-state index < -0.39 is 0 Å². The molecule has 0 radical (unpaired) electrons. The molecule has 0 aliphatic heterocycles. The Labute approximate surface area is 115 Å². The first kappa shape index (κ1) is 13.0. The van der Waals surface area contributed by atoms with E-state index in [0.29, 0.717) is 17.1 Å². The lowest BCUT2D eigenvalue weighted by Crippen LogP contribution is -2.12. The molecule has 18 heavy (non-hydrogen) atoms. The van der Waals surface area contributed by atoms with Crippen LogP contribution in [0, 0.1) is 18.3 Å². The maximum atomic E-state index is 8.75. The minimum Gasteiger partial charge on any atom is -0.308 e. The second-order valence-corrected chi connectivity index (χ2v) is 5.59. The first-order chi connectivity index (χ1) is 8.69. The summed E-state index contributed by atoms with van der Waals surface area (Å²) in [6.45, 7) is 3.45. The standard InChI is InChI=1S/C13H12ClN3S/c1-9-17-8-12(18-9)7-16-6-11-3-2-10(5-15)4-13(11)14/h2-4,8,16H,6-7H2,1H3. The van der Waals surface area contributed by atoms with Crippen LogP contribution in [0.3, 0.4) is 0 Å². The normalized spacial score (nSPS) is 10.3. The lowest BCUT2D eigenvalue weighted by molar-refractivity contribution is 0.700. The number of rotatable bonds is 4. The Morgan fingerprint density at radius 1 is 1.44 bits per heavy atom. The van der Waals surface area contributed by atoms with Crippen molar-refractivity contribution >= 4 is 22.9 Å². The molecule has 1 heterocycles. The van der Waals surface area contributed by atoms with Gasteiger partial charge in [-0.25, -0.2) is 4.98 Å². The molecule has 1 aromatic heterocycles. The maximum Gasteiger partial charge on any atom is 0.0992 e. The monoisotopic (exact) mass is 277 g/mol. The molecule has 0 atom stereocenters. The van der Waals surface area contributed by atoms with Crippen LogP contribution in [0.25, 0.3) is 0 Å². The van der Waals surface area contributed by atoms with Crippen LogP contribution in [0.2, 0.25) is 5.02 Å². The van der Waals surface area contributed by atoms with Crippen LogP contribution in [0.1, 0.15) is 21.0 Å². The molecular weight excluding hydrogens is 266 g/mol. The van der Waals surface area contributed by atoms with Gasteiger partial charge in [0.15, 0.2) is 0 Å². The van der Waals surface area contributed by atoms with Crippen LogP contribution < -0.4 is 5.32 Å². The van der Waals surface area contributed by atoms with Crippen molar-refractivity contribution < 1.29 is 0 Å². The number of halogens is 1. The van der Waals surface area contributed by atoms with Gasteiger partial charge < -0.3 is 5.32 Å². The van der Waals surface area contributed by atoms with Gasteiger partial charge in [0.2, 0.25) is 0 Å². The predicted octanol–water partition coefficient (Wildman–Crippen LogP) is 3.27. The number of aromatic nitrogens is 1. The zero-order valence-electron chi connectivity index (χ0n) is 9.90. The van der Waals surface area contributed by atoms with Crippen molar-refractivity contribution in [2.75, 3.05) is 0 Å². The minimum absolute atomic E-state index is 0.585. The molecule has 3 nitrogen and oxygen atoms in total. The van der Waals surface area contributed by atoms with Crippen molar-refractivity contribution in [2.45, 2.75) is 20.0 Å². The highest BCUT2D eigenvalue weighted by Crippen LogP contribution is 2.18. The van der Waals surface area contributed by atoms with Crippen LogP contribution in [0.15, 0.2) is 24.4 Å². The van der Waals surface area contributed by atoms with Crippen LogP contribution in [-0.2, 0) is 13.1 Å². The van der Waals surface area contributed by atoms with Gasteiger partial charge in [-0.1, -0.05) is 17.7 Å². The smallest absolute Gasteiger partial charge is 0.0992 e. The van der Waals surface area contributed by atoms with Crippen molar-refractivity contribution in [2.24, 2.45) is 0 Å². The Morgan fingerprint density at radius 2 is 2.28 bits per heavy atom. The molecule has 1 aromatic carbocycles. The molecule has 0 fully saturated rings. The lowest BCUT2D eigenvalue weighted by Gasteiger charge is -2.05. The van der Waals surface area contributed by atoms with Gasteiger partial charge in [0.1, 0.15) is 0 Å². The Bertz CT molecular complexity index is 586. The summed E-state index contributed by atoms with van der Waals surface area (Å²) in [4.78, 5) is 5.40. The van der Waals surface area contributed by atoms with Crippen molar-refractivity contribution in [3.63, 3.8) is 0 Å². The highest BCUT2D eigenvalue weighted by atomic mass is 35.5. The number of benzene rings is 1. The first-order valence-electron chi connectivity index (χ1n) is 5.49. The third kappa shape index (κ3) is 3.30. The van der Waals surface area contributed by atoms with Crippen molar-refractivity contribution in [3.05, 3.63) is 50.4 Å². The largest absolute Gasteiger partial charge is 0.308 e. The molecule has 2 rings (SSSR count). The van der Waals surface area contributed by atoms with Crippen LogP contribution >= 0.6 is 22.9 Å². The maximum absolute atomic E-state index is 8.75. The summed E-state index contributed by atoms with van der Waals surface area (Å²) in [5.74, 6) is 0. The number of thiazole rings is 1. The molecule has 5 heteroatoms. The van der Waals surface area contributed by atoms with E-state index >= 15 is 0 Å². The molecule has 0 saturated carbocycles. The lowest BCUT2D eigenvalue weighted by atomic mass is 10.1. The number of hydrogen-bond acceptors (Lipinski definition) is 4. The average molecular weight is 278 g/mol. The molecule has 0 unspecified atom stereocenters. The van der Waals surface area contributed by atoms with E-state index in [9.17, 15) is 0 Å². The van der Waals surface area contributed by atoms with Gasteiger partial charge >= 0.3 is 0 Å². The SMILES string of the molecule is Cc1ncc(CNCc2ccc(C#N)cc2Cl)s1. The van der Waals surface area contributed by atoms with Gasteiger partial charge in [-0.3, -0.25) is 0 Å². The minimum atomic E-state index is 0.585. The zero-order valence-corrected chi connectivity index (χ0v) is 11.5. The summed E-state index contributed by atoms with van der Waals surface area (Å²) >= 11 is 7.78. The second-order valence-electron chi connectivity index (χ2n) is 3.87. The van der Waals surface area contributed by atoms with Crippen molar-refractivity contribution in [1.29, 1.82) is 5.26 Å². The molecule has 0 bridgehead atoms. The van der Waals surface area contributed by atoms with E-state index in [2.05, 4.69) is 16.4 Å². The van der Waals surface area contributed by atoms with Gasteiger partial charge in [-0.2, -0.15) is 5.26 Å². The summed E-state index contributed by atoms with van der Waals surface area (Å²) in [6, 6.07) is 7.42. The molecule has 0 amide bonds. The van der Waals surface area contributed by atoms with E-state index in [4.69, 9.17) is 16.9 Å². The second kappa shape index (κ2) is 5.96. The summed E-state index contributed by atoms with van der Waals surface area (Å²) in [5, 5.41) is 13.8. The molecule has 2 aromatic rings. The van der Waals surface area contributed by atoms with Gasteiger partial charge in [0.25, 0.3) is 0 Å². The van der Waals surface area contributed by atoms with Crippen molar-refractivity contribution in [1.82, 2.24) is 10.3 Å². The van der Waals surface area contributed by atoms with E-state index in [1.165, 1.54) is 4.88 Å². The van der Waals surface area contributed by atoms with Gasteiger partial charge in [0.05, 0.1) is 16.6 Å². The fraction of sp³-hybridized carbons (Fsp3) is 0.231. The summed E-state index contributed by atoms with van der Waals surface area (Å²) in [7, 11) is 0. The van der Waals surface area contributed by atoms with Crippen LogP contribution in [0.4, 0.5) is 0 Å².